The number of ketones is 1. The normalized spacial score (nSPS) is 19.9. The van der Waals surface area contributed by atoms with Gasteiger partial charge in [-0.2, -0.15) is 5.10 Å². The van der Waals surface area contributed by atoms with E-state index < -0.39 is 6.10 Å². The fourth-order valence-corrected chi connectivity index (χ4v) is 2.45. The summed E-state index contributed by atoms with van der Waals surface area (Å²) >= 11 is 3.40. The lowest BCUT2D eigenvalue weighted by Gasteiger charge is -2.23. The van der Waals surface area contributed by atoms with Gasteiger partial charge in [0.05, 0.1) is 23.8 Å². The Morgan fingerprint density at radius 3 is 3.11 bits per heavy atom. The van der Waals surface area contributed by atoms with Gasteiger partial charge in [0.1, 0.15) is 11.8 Å². The summed E-state index contributed by atoms with van der Waals surface area (Å²) in [6.07, 6.45) is 1.25. The number of hydrogen-bond acceptors (Lipinski definition) is 5. The van der Waals surface area contributed by atoms with E-state index in [-0.39, 0.29) is 5.78 Å². The Bertz CT molecular complexity index is 441. The van der Waals surface area contributed by atoms with Crippen molar-refractivity contribution in [3.8, 4) is 0 Å². The summed E-state index contributed by atoms with van der Waals surface area (Å²) in [5.41, 5.74) is 0.593. The molecule has 1 fully saturated rings. The molecule has 1 aromatic heterocycles. The van der Waals surface area contributed by atoms with Crippen LogP contribution in [0.15, 0.2) is 10.7 Å². The number of carbonyl (C=O) groups excluding carboxylic acids is 1. The number of likely N-dealkylation sites (N-methyl/N-ethyl adjacent to an activating group) is 1. The molecule has 0 spiro atoms. The van der Waals surface area contributed by atoms with Crippen LogP contribution in [0.5, 0.6) is 0 Å². The minimum Gasteiger partial charge on any atom is -0.367 e. The number of carbonyl (C=O) groups is 1. The molecule has 1 aliphatic heterocycles. The first-order valence-electron chi connectivity index (χ1n) is 6.32. The average Bonchev–Trinajstić information content (AvgIpc) is 2.78. The highest BCUT2D eigenvalue weighted by Gasteiger charge is 2.27. The standard InChI is InChI=1S/C12H19BrN4O2/c1-16(2)4-5-17-11(9(13)7-15-17)12(18)10-8-14-3-6-19-10/h7,10,14H,3-6,8H2,1-2H3. The van der Waals surface area contributed by atoms with Gasteiger partial charge in [0, 0.05) is 19.6 Å². The Balaban J connectivity index is 2.13. The Morgan fingerprint density at radius 2 is 2.47 bits per heavy atom. The van der Waals surface area contributed by atoms with Crippen LogP contribution in [0.4, 0.5) is 0 Å². The molecule has 1 N–H and O–H groups in total. The van der Waals surface area contributed by atoms with Gasteiger partial charge >= 0.3 is 0 Å². The second-order valence-corrected chi connectivity index (χ2v) is 5.65. The molecule has 6 nitrogen and oxygen atoms in total. The van der Waals surface area contributed by atoms with Crippen molar-refractivity contribution in [1.82, 2.24) is 20.0 Å². The summed E-state index contributed by atoms with van der Waals surface area (Å²) < 4.78 is 7.98. The lowest BCUT2D eigenvalue weighted by atomic mass is 10.1. The quantitative estimate of drug-likeness (QED) is 0.791. The predicted octanol–water partition coefficient (Wildman–Crippen LogP) is 0.378. The van der Waals surface area contributed by atoms with Crippen molar-refractivity contribution in [1.29, 1.82) is 0 Å². The summed E-state index contributed by atoms with van der Waals surface area (Å²) in [4.78, 5) is 14.5. The molecule has 7 heteroatoms. The molecule has 2 rings (SSSR count). The molecule has 0 saturated carbocycles. The highest BCUT2D eigenvalue weighted by molar-refractivity contribution is 9.10. The van der Waals surface area contributed by atoms with Crippen LogP contribution in [0.25, 0.3) is 0 Å². The molecule has 106 valence electrons. The molecule has 1 atom stereocenters. The molecular weight excluding hydrogens is 312 g/mol. The van der Waals surface area contributed by atoms with E-state index in [0.717, 1.165) is 17.6 Å². The van der Waals surface area contributed by atoms with Crippen LogP contribution in [0.2, 0.25) is 0 Å². The maximum Gasteiger partial charge on any atom is 0.211 e. The molecule has 0 amide bonds. The Labute approximate surface area is 121 Å². The molecule has 1 aromatic rings. The molecule has 0 radical (unpaired) electrons. The van der Waals surface area contributed by atoms with E-state index in [0.29, 0.717) is 25.4 Å². The van der Waals surface area contributed by atoms with Crippen molar-refractivity contribution in [3.63, 3.8) is 0 Å². The van der Waals surface area contributed by atoms with Gasteiger partial charge in [-0.05, 0) is 30.0 Å². The highest BCUT2D eigenvalue weighted by atomic mass is 79.9. The van der Waals surface area contributed by atoms with Gasteiger partial charge in [0.25, 0.3) is 0 Å². The number of nitrogens with zero attached hydrogens (tertiary/aromatic N) is 3. The molecule has 2 heterocycles. The Kier molecular flexibility index (Phi) is 5.09. The number of rotatable bonds is 5. The third-order valence-electron chi connectivity index (χ3n) is 3.01. The van der Waals surface area contributed by atoms with Crippen LogP contribution < -0.4 is 5.32 Å². The molecule has 19 heavy (non-hydrogen) atoms. The number of hydrogen-bond donors (Lipinski definition) is 1. The molecule has 0 aromatic carbocycles. The van der Waals surface area contributed by atoms with Crippen molar-refractivity contribution in [2.24, 2.45) is 0 Å². The van der Waals surface area contributed by atoms with Crippen LogP contribution in [-0.4, -0.2) is 66.9 Å². The zero-order valence-corrected chi connectivity index (χ0v) is 12.8. The van der Waals surface area contributed by atoms with Gasteiger partial charge in [-0.1, -0.05) is 0 Å². The van der Waals surface area contributed by atoms with Crippen molar-refractivity contribution < 1.29 is 9.53 Å². The SMILES string of the molecule is CN(C)CCn1ncc(Br)c1C(=O)C1CNCCO1. The number of morpholine rings is 1. The van der Waals surface area contributed by atoms with Gasteiger partial charge in [-0.25, -0.2) is 0 Å². The molecule has 1 unspecified atom stereocenters. The smallest absolute Gasteiger partial charge is 0.211 e. The van der Waals surface area contributed by atoms with E-state index in [9.17, 15) is 4.79 Å². The van der Waals surface area contributed by atoms with Gasteiger partial charge in [0.15, 0.2) is 0 Å². The fraction of sp³-hybridized carbons (Fsp3) is 0.667. The summed E-state index contributed by atoms with van der Waals surface area (Å²) in [7, 11) is 3.99. The fourth-order valence-electron chi connectivity index (χ4n) is 1.96. The summed E-state index contributed by atoms with van der Waals surface area (Å²) in [6.45, 7) is 3.44. The number of aromatic nitrogens is 2. The molecule has 0 bridgehead atoms. The van der Waals surface area contributed by atoms with Gasteiger partial charge in [-0.15, -0.1) is 0 Å². The van der Waals surface area contributed by atoms with Gasteiger partial charge < -0.3 is 15.0 Å². The van der Waals surface area contributed by atoms with Gasteiger partial charge in [-0.3, -0.25) is 9.48 Å². The van der Waals surface area contributed by atoms with E-state index >= 15 is 0 Å². The predicted molar refractivity (Wildman–Crippen MR) is 75.4 cm³/mol. The van der Waals surface area contributed by atoms with Crippen molar-refractivity contribution in [2.75, 3.05) is 40.3 Å². The maximum absolute atomic E-state index is 12.5. The first kappa shape index (κ1) is 14.6. The van der Waals surface area contributed by atoms with Gasteiger partial charge in [0.2, 0.25) is 5.78 Å². The number of ether oxygens (including phenoxy) is 1. The van der Waals surface area contributed by atoms with Crippen molar-refractivity contribution in [2.45, 2.75) is 12.6 Å². The summed E-state index contributed by atoms with van der Waals surface area (Å²) in [5, 5.41) is 7.42. The topological polar surface area (TPSA) is 59.4 Å². The van der Waals surface area contributed by atoms with E-state index in [1.807, 2.05) is 14.1 Å². The van der Waals surface area contributed by atoms with E-state index in [4.69, 9.17) is 4.74 Å². The first-order chi connectivity index (χ1) is 9.09. The second-order valence-electron chi connectivity index (χ2n) is 4.80. The molecular formula is C12H19BrN4O2. The Hall–Kier alpha value is -0.760. The van der Waals surface area contributed by atoms with E-state index in [1.165, 1.54) is 0 Å². The highest BCUT2D eigenvalue weighted by Crippen LogP contribution is 2.19. The summed E-state index contributed by atoms with van der Waals surface area (Å²) in [5.74, 6) is -0.0182. The largest absolute Gasteiger partial charge is 0.367 e. The first-order valence-corrected chi connectivity index (χ1v) is 7.11. The minimum absolute atomic E-state index is 0.0182. The number of nitrogens with one attached hydrogen (secondary N) is 1. The van der Waals surface area contributed by atoms with E-state index in [2.05, 4.69) is 31.2 Å². The minimum atomic E-state index is -0.417. The average molecular weight is 331 g/mol. The molecule has 1 aliphatic rings. The number of halogens is 1. The van der Waals surface area contributed by atoms with Crippen LogP contribution in [0, 0.1) is 0 Å². The van der Waals surface area contributed by atoms with Crippen LogP contribution in [-0.2, 0) is 11.3 Å². The second kappa shape index (κ2) is 6.60. The molecule has 1 saturated heterocycles. The third-order valence-corrected chi connectivity index (χ3v) is 3.59. The lowest BCUT2D eigenvalue weighted by Crippen LogP contribution is -2.43. The van der Waals surface area contributed by atoms with Crippen molar-refractivity contribution in [3.05, 3.63) is 16.4 Å². The zero-order valence-electron chi connectivity index (χ0n) is 11.2. The Morgan fingerprint density at radius 1 is 1.68 bits per heavy atom. The van der Waals surface area contributed by atoms with E-state index in [1.54, 1.807) is 10.9 Å². The zero-order chi connectivity index (χ0) is 13.8. The van der Waals surface area contributed by atoms with Crippen LogP contribution in [0.3, 0.4) is 0 Å². The van der Waals surface area contributed by atoms with Crippen molar-refractivity contribution >= 4 is 21.7 Å². The molecule has 0 aliphatic carbocycles. The lowest BCUT2D eigenvalue weighted by molar-refractivity contribution is 0.0260. The number of Topliss-reactive ketones (excluding diaryl/α,β-unsaturated/α-hetero) is 1. The van der Waals surface area contributed by atoms with Crippen LogP contribution in [0.1, 0.15) is 10.5 Å². The van der Waals surface area contributed by atoms with Crippen LogP contribution >= 0.6 is 15.9 Å². The maximum atomic E-state index is 12.5. The monoisotopic (exact) mass is 330 g/mol. The summed E-state index contributed by atoms with van der Waals surface area (Å²) in [6, 6.07) is 0. The third kappa shape index (κ3) is 3.62.